The fourth-order valence-electron chi connectivity index (χ4n) is 1.47. The maximum atomic E-state index is 12.8. The van der Waals surface area contributed by atoms with Crippen molar-refractivity contribution < 1.29 is 8.78 Å². The van der Waals surface area contributed by atoms with Gasteiger partial charge in [0.25, 0.3) is 6.43 Å². The molecular formula is C10H17F2N3. The summed E-state index contributed by atoms with van der Waals surface area (Å²) in [6.07, 6.45) is -0.116. The highest BCUT2D eigenvalue weighted by Crippen LogP contribution is 2.23. The number of aryl methyl sites for hydroxylation is 1. The van der Waals surface area contributed by atoms with Gasteiger partial charge in [-0.25, -0.2) is 8.78 Å². The van der Waals surface area contributed by atoms with Crippen LogP contribution in [0.4, 0.5) is 8.78 Å². The van der Waals surface area contributed by atoms with E-state index in [1.54, 1.807) is 0 Å². The zero-order valence-electron chi connectivity index (χ0n) is 9.13. The minimum absolute atomic E-state index is 0.0535. The molecule has 1 heterocycles. The van der Waals surface area contributed by atoms with Crippen molar-refractivity contribution in [2.45, 2.75) is 39.8 Å². The van der Waals surface area contributed by atoms with Crippen molar-refractivity contribution in [3.05, 3.63) is 17.5 Å². The van der Waals surface area contributed by atoms with E-state index in [-0.39, 0.29) is 5.69 Å². The third-order valence-electron chi connectivity index (χ3n) is 2.17. The van der Waals surface area contributed by atoms with Crippen molar-refractivity contribution in [1.29, 1.82) is 0 Å². The first-order valence-electron chi connectivity index (χ1n) is 5.24. The van der Waals surface area contributed by atoms with Gasteiger partial charge in [0.2, 0.25) is 0 Å². The quantitative estimate of drug-likeness (QED) is 0.792. The molecular weight excluding hydrogens is 200 g/mol. The number of hydrogen-bond donors (Lipinski definition) is 1. The summed E-state index contributed by atoms with van der Waals surface area (Å²) in [5.41, 5.74) is 0.651. The molecule has 0 saturated carbocycles. The molecule has 1 aromatic rings. The Morgan fingerprint density at radius 2 is 2.20 bits per heavy atom. The number of nitrogens with one attached hydrogen (secondary N) is 1. The van der Waals surface area contributed by atoms with Crippen LogP contribution in [0.1, 0.15) is 38.0 Å². The van der Waals surface area contributed by atoms with Crippen LogP contribution >= 0.6 is 0 Å². The topological polar surface area (TPSA) is 29.9 Å². The smallest absolute Gasteiger partial charge is 0.280 e. The standard InChI is InChI=1S/C10H17F2N3/c1-3-5-15-9(10(11)12)8(7-14-15)6-13-4-2/h7,10,13H,3-6H2,1-2H3. The summed E-state index contributed by atoms with van der Waals surface area (Å²) in [6, 6.07) is 0. The first kappa shape index (κ1) is 12.1. The van der Waals surface area contributed by atoms with Gasteiger partial charge in [0, 0.05) is 18.7 Å². The molecule has 1 rings (SSSR count). The average molecular weight is 217 g/mol. The van der Waals surface area contributed by atoms with E-state index in [2.05, 4.69) is 10.4 Å². The summed E-state index contributed by atoms with van der Waals surface area (Å²) in [7, 11) is 0. The minimum Gasteiger partial charge on any atom is -0.313 e. The second kappa shape index (κ2) is 5.80. The summed E-state index contributed by atoms with van der Waals surface area (Å²) in [5.74, 6) is 0. The number of halogens is 2. The molecule has 0 radical (unpaired) electrons. The fourth-order valence-corrected chi connectivity index (χ4v) is 1.47. The zero-order chi connectivity index (χ0) is 11.3. The van der Waals surface area contributed by atoms with Crippen molar-refractivity contribution >= 4 is 0 Å². The second-order valence-electron chi connectivity index (χ2n) is 3.36. The number of hydrogen-bond acceptors (Lipinski definition) is 2. The molecule has 0 saturated heterocycles. The highest BCUT2D eigenvalue weighted by atomic mass is 19.3. The van der Waals surface area contributed by atoms with Gasteiger partial charge in [-0.15, -0.1) is 0 Å². The van der Waals surface area contributed by atoms with Gasteiger partial charge < -0.3 is 5.32 Å². The summed E-state index contributed by atoms with van der Waals surface area (Å²) >= 11 is 0. The van der Waals surface area contributed by atoms with Crippen LogP contribution < -0.4 is 5.32 Å². The van der Waals surface area contributed by atoms with Gasteiger partial charge in [-0.2, -0.15) is 5.10 Å². The molecule has 1 N–H and O–H groups in total. The molecule has 0 spiro atoms. The Kier molecular flexibility index (Phi) is 4.68. The lowest BCUT2D eigenvalue weighted by Gasteiger charge is -2.07. The van der Waals surface area contributed by atoms with Crippen LogP contribution in [0.25, 0.3) is 0 Å². The molecule has 0 amide bonds. The fraction of sp³-hybridized carbons (Fsp3) is 0.700. The van der Waals surface area contributed by atoms with Crippen LogP contribution in [-0.2, 0) is 13.1 Å². The van der Waals surface area contributed by atoms with E-state index in [9.17, 15) is 8.78 Å². The Balaban J connectivity index is 2.85. The van der Waals surface area contributed by atoms with Crippen LogP contribution in [-0.4, -0.2) is 16.3 Å². The van der Waals surface area contributed by atoms with Crippen molar-refractivity contribution in [3.63, 3.8) is 0 Å². The first-order chi connectivity index (χ1) is 7.20. The molecule has 15 heavy (non-hydrogen) atoms. The lowest BCUT2D eigenvalue weighted by molar-refractivity contribution is 0.137. The third-order valence-corrected chi connectivity index (χ3v) is 2.17. The molecule has 0 aromatic carbocycles. The maximum Gasteiger partial charge on any atom is 0.280 e. The van der Waals surface area contributed by atoms with Gasteiger partial charge in [-0.05, 0) is 13.0 Å². The lowest BCUT2D eigenvalue weighted by atomic mass is 10.2. The van der Waals surface area contributed by atoms with Crippen LogP contribution in [0.15, 0.2) is 6.20 Å². The van der Waals surface area contributed by atoms with E-state index >= 15 is 0 Å². The largest absolute Gasteiger partial charge is 0.313 e. The molecule has 0 fully saturated rings. The number of rotatable bonds is 6. The normalized spacial score (nSPS) is 11.3. The summed E-state index contributed by atoms with van der Waals surface area (Å²) in [6.45, 7) is 5.66. The molecule has 0 aliphatic heterocycles. The minimum atomic E-state index is -2.45. The number of aromatic nitrogens is 2. The van der Waals surface area contributed by atoms with Gasteiger partial charge >= 0.3 is 0 Å². The van der Waals surface area contributed by atoms with Crippen LogP contribution in [0.3, 0.4) is 0 Å². The molecule has 0 atom stereocenters. The Labute approximate surface area is 88.5 Å². The SMILES string of the molecule is CCCn1ncc(CNCC)c1C(F)F. The molecule has 0 aliphatic rings. The van der Waals surface area contributed by atoms with E-state index in [4.69, 9.17) is 0 Å². The van der Waals surface area contributed by atoms with E-state index in [1.807, 2.05) is 13.8 Å². The Bertz CT molecular complexity index is 297. The zero-order valence-corrected chi connectivity index (χ0v) is 9.13. The summed E-state index contributed by atoms with van der Waals surface area (Å²) in [5, 5.41) is 7.01. The molecule has 0 aliphatic carbocycles. The van der Waals surface area contributed by atoms with Gasteiger partial charge in [-0.3, -0.25) is 4.68 Å². The second-order valence-corrected chi connectivity index (χ2v) is 3.36. The van der Waals surface area contributed by atoms with Gasteiger partial charge in [0.1, 0.15) is 5.69 Å². The van der Waals surface area contributed by atoms with Crippen molar-refractivity contribution in [1.82, 2.24) is 15.1 Å². The Morgan fingerprint density at radius 1 is 1.47 bits per heavy atom. The van der Waals surface area contributed by atoms with Crippen LogP contribution in [0.5, 0.6) is 0 Å². The van der Waals surface area contributed by atoms with E-state index in [0.29, 0.717) is 18.7 Å². The first-order valence-corrected chi connectivity index (χ1v) is 5.24. The molecule has 5 heteroatoms. The van der Waals surface area contributed by atoms with Gasteiger partial charge in [0.15, 0.2) is 0 Å². The van der Waals surface area contributed by atoms with Gasteiger partial charge in [-0.1, -0.05) is 13.8 Å². The van der Waals surface area contributed by atoms with Crippen molar-refractivity contribution in [3.8, 4) is 0 Å². The molecule has 0 bridgehead atoms. The molecule has 86 valence electrons. The third kappa shape index (κ3) is 2.99. The van der Waals surface area contributed by atoms with E-state index in [0.717, 1.165) is 13.0 Å². The van der Waals surface area contributed by atoms with Crippen LogP contribution in [0, 0.1) is 0 Å². The molecule has 3 nitrogen and oxygen atoms in total. The average Bonchev–Trinajstić information content (AvgIpc) is 2.58. The highest BCUT2D eigenvalue weighted by molar-refractivity contribution is 5.18. The van der Waals surface area contributed by atoms with E-state index < -0.39 is 6.43 Å². The number of alkyl halides is 2. The summed E-state index contributed by atoms with van der Waals surface area (Å²) in [4.78, 5) is 0. The Morgan fingerprint density at radius 3 is 2.73 bits per heavy atom. The van der Waals surface area contributed by atoms with E-state index in [1.165, 1.54) is 10.9 Å². The van der Waals surface area contributed by atoms with Gasteiger partial charge in [0.05, 0.1) is 6.20 Å². The molecule has 0 unspecified atom stereocenters. The maximum absolute atomic E-state index is 12.8. The van der Waals surface area contributed by atoms with Crippen molar-refractivity contribution in [2.75, 3.05) is 6.54 Å². The summed E-state index contributed by atoms with van der Waals surface area (Å²) < 4.78 is 27.0. The Hall–Kier alpha value is -0.970. The molecule has 1 aromatic heterocycles. The predicted molar refractivity (Wildman–Crippen MR) is 54.9 cm³/mol. The highest BCUT2D eigenvalue weighted by Gasteiger charge is 2.18. The number of nitrogens with zero attached hydrogens (tertiary/aromatic N) is 2. The van der Waals surface area contributed by atoms with Crippen LogP contribution in [0.2, 0.25) is 0 Å². The predicted octanol–water partition coefficient (Wildman–Crippen LogP) is 2.34. The monoisotopic (exact) mass is 217 g/mol. The van der Waals surface area contributed by atoms with Crippen molar-refractivity contribution in [2.24, 2.45) is 0 Å². The lowest BCUT2D eigenvalue weighted by Crippen LogP contribution is -2.14.